The molecule has 1 atom stereocenters. The van der Waals surface area contributed by atoms with Crippen molar-refractivity contribution in [3.63, 3.8) is 0 Å². The van der Waals surface area contributed by atoms with Crippen LogP contribution >= 0.6 is 23.2 Å². The van der Waals surface area contributed by atoms with Crippen LogP contribution in [0.2, 0.25) is 10.0 Å². The fourth-order valence-electron chi connectivity index (χ4n) is 4.15. The zero-order valence-electron chi connectivity index (χ0n) is 22.1. The summed E-state index contributed by atoms with van der Waals surface area (Å²) in [7, 11) is -1.31. The lowest BCUT2D eigenvalue weighted by Gasteiger charge is -2.33. The number of carbonyl (C=O) groups is 2. The minimum atomic E-state index is -4.22. The summed E-state index contributed by atoms with van der Waals surface area (Å²) in [6, 6.07) is 16.9. The van der Waals surface area contributed by atoms with E-state index in [2.05, 4.69) is 5.32 Å². The van der Waals surface area contributed by atoms with Gasteiger partial charge in [-0.05, 0) is 60.9 Å². The smallest absolute Gasteiger partial charge is 0.264 e. The highest BCUT2D eigenvalue weighted by molar-refractivity contribution is 7.92. The maximum absolute atomic E-state index is 14.0. The second-order valence-electron chi connectivity index (χ2n) is 8.80. The monoisotopic (exact) mass is 591 g/mol. The van der Waals surface area contributed by atoms with Gasteiger partial charge in [-0.1, -0.05) is 60.5 Å². The first kappa shape index (κ1) is 30.3. The lowest BCUT2D eigenvalue weighted by molar-refractivity contribution is -0.140. The predicted octanol–water partition coefficient (Wildman–Crippen LogP) is 5.06. The third-order valence-corrected chi connectivity index (χ3v) is 8.56. The molecular weight excluding hydrogens is 561 g/mol. The molecule has 11 heteroatoms. The van der Waals surface area contributed by atoms with Gasteiger partial charge < -0.3 is 15.0 Å². The van der Waals surface area contributed by atoms with E-state index in [1.807, 2.05) is 6.92 Å². The fourth-order valence-corrected chi connectivity index (χ4v) is 6.05. The van der Waals surface area contributed by atoms with Crippen LogP contribution < -0.4 is 14.4 Å². The van der Waals surface area contributed by atoms with Crippen LogP contribution in [0.3, 0.4) is 0 Å². The van der Waals surface area contributed by atoms with Crippen LogP contribution in [0.4, 0.5) is 5.69 Å². The Balaban J connectivity index is 2.14. The first-order valence-electron chi connectivity index (χ1n) is 12.2. The molecule has 39 heavy (non-hydrogen) atoms. The van der Waals surface area contributed by atoms with E-state index in [1.54, 1.807) is 61.5 Å². The van der Waals surface area contributed by atoms with E-state index in [0.29, 0.717) is 15.6 Å². The summed E-state index contributed by atoms with van der Waals surface area (Å²) in [5.74, 6) is -0.709. The molecule has 0 unspecified atom stereocenters. The van der Waals surface area contributed by atoms with Crippen molar-refractivity contribution >= 4 is 50.7 Å². The Morgan fingerprint density at radius 3 is 2.31 bits per heavy atom. The fraction of sp³-hybridized carbons (Fsp3) is 0.286. The zero-order valence-corrected chi connectivity index (χ0v) is 24.5. The number of amides is 2. The standard InChI is InChI=1S/C28H31Cl2N3O5S/c1-5-24(28(35)31-3)32(17-20-12-13-21(29)16-23(20)30)27(34)18-33(25-15-19(2)11-14-26(25)38-4)39(36,37)22-9-7-6-8-10-22/h6-16,24H,5,17-18H2,1-4H3,(H,31,35)/t24-/m1/s1. The maximum Gasteiger partial charge on any atom is 0.264 e. The van der Waals surface area contributed by atoms with E-state index >= 15 is 0 Å². The van der Waals surface area contributed by atoms with Crippen LogP contribution in [-0.2, 0) is 26.2 Å². The normalized spacial score (nSPS) is 11.9. The number of benzene rings is 3. The largest absolute Gasteiger partial charge is 0.495 e. The van der Waals surface area contributed by atoms with Crippen molar-refractivity contribution < 1.29 is 22.7 Å². The molecule has 0 radical (unpaired) electrons. The van der Waals surface area contributed by atoms with Gasteiger partial charge in [0.05, 0.1) is 17.7 Å². The first-order valence-corrected chi connectivity index (χ1v) is 14.4. The summed E-state index contributed by atoms with van der Waals surface area (Å²) in [5, 5.41) is 3.33. The van der Waals surface area contributed by atoms with Crippen molar-refractivity contribution in [2.24, 2.45) is 0 Å². The molecular formula is C28H31Cl2N3O5S. The molecule has 0 saturated carbocycles. The van der Waals surface area contributed by atoms with Crippen LogP contribution in [0.5, 0.6) is 5.75 Å². The molecule has 1 N–H and O–H groups in total. The average Bonchev–Trinajstić information content (AvgIpc) is 2.92. The van der Waals surface area contributed by atoms with Gasteiger partial charge in [0.15, 0.2) is 0 Å². The molecule has 8 nitrogen and oxygen atoms in total. The predicted molar refractivity (Wildman–Crippen MR) is 154 cm³/mol. The van der Waals surface area contributed by atoms with E-state index in [-0.39, 0.29) is 35.2 Å². The number of carbonyl (C=O) groups excluding carboxylic acids is 2. The van der Waals surface area contributed by atoms with Gasteiger partial charge >= 0.3 is 0 Å². The number of halogens is 2. The molecule has 2 amide bonds. The number of methoxy groups -OCH3 is 1. The van der Waals surface area contributed by atoms with Gasteiger partial charge in [-0.15, -0.1) is 0 Å². The second kappa shape index (κ2) is 13.2. The van der Waals surface area contributed by atoms with Gasteiger partial charge in [0.1, 0.15) is 18.3 Å². The average molecular weight is 593 g/mol. The number of hydrogen-bond acceptors (Lipinski definition) is 5. The highest BCUT2D eigenvalue weighted by Crippen LogP contribution is 2.34. The van der Waals surface area contributed by atoms with Crippen LogP contribution in [0.1, 0.15) is 24.5 Å². The summed E-state index contributed by atoms with van der Waals surface area (Å²) >= 11 is 12.5. The van der Waals surface area contributed by atoms with E-state index in [4.69, 9.17) is 27.9 Å². The molecule has 0 bridgehead atoms. The Morgan fingerprint density at radius 2 is 1.72 bits per heavy atom. The minimum absolute atomic E-state index is 0.00648. The first-order chi connectivity index (χ1) is 18.5. The lowest BCUT2D eigenvalue weighted by atomic mass is 10.1. The van der Waals surface area contributed by atoms with E-state index < -0.39 is 28.5 Å². The van der Waals surface area contributed by atoms with E-state index in [1.165, 1.54) is 31.2 Å². The topological polar surface area (TPSA) is 96.0 Å². The molecule has 0 heterocycles. The quantitative estimate of drug-likeness (QED) is 0.336. The number of nitrogens with one attached hydrogen (secondary N) is 1. The van der Waals surface area contributed by atoms with Gasteiger partial charge in [0, 0.05) is 23.6 Å². The molecule has 208 valence electrons. The number of anilines is 1. The number of ether oxygens (including phenoxy) is 1. The van der Waals surface area contributed by atoms with Gasteiger partial charge in [-0.3, -0.25) is 13.9 Å². The summed E-state index contributed by atoms with van der Waals surface area (Å²) in [4.78, 5) is 28.2. The van der Waals surface area contributed by atoms with Crippen LogP contribution in [-0.4, -0.2) is 51.9 Å². The number of sulfonamides is 1. The van der Waals surface area contributed by atoms with Crippen LogP contribution in [0, 0.1) is 6.92 Å². The molecule has 0 spiro atoms. The van der Waals surface area contributed by atoms with Crippen molar-refractivity contribution in [2.75, 3.05) is 25.0 Å². The summed E-state index contributed by atoms with van der Waals surface area (Å²) in [5.41, 5.74) is 1.53. The molecule has 0 saturated heterocycles. The van der Waals surface area contributed by atoms with Crippen molar-refractivity contribution in [1.29, 1.82) is 0 Å². The Bertz CT molecular complexity index is 1430. The van der Waals surface area contributed by atoms with Crippen molar-refractivity contribution in [3.8, 4) is 5.75 Å². The third-order valence-electron chi connectivity index (χ3n) is 6.20. The van der Waals surface area contributed by atoms with Crippen LogP contribution in [0.15, 0.2) is 71.6 Å². The summed E-state index contributed by atoms with van der Waals surface area (Å²) in [6.45, 7) is 2.96. The van der Waals surface area contributed by atoms with Gasteiger partial charge in [0.25, 0.3) is 10.0 Å². The lowest BCUT2D eigenvalue weighted by Crippen LogP contribution is -2.51. The number of likely N-dealkylation sites (N-methyl/N-ethyl adjacent to an activating group) is 1. The molecule has 0 aromatic heterocycles. The van der Waals surface area contributed by atoms with Crippen molar-refractivity contribution in [1.82, 2.24) is 10.2 Å². The number of aryl methyl sites for hydroxylation is 1. The molecule has 0 fully saturated rings. The molecule has 3 rings (SSSR count). The number of hydrogen-bond donors (Lipinski definition) is 1. The Morgan fingerprint density at radius 1 is 1.03 bits per heavy atom. The highest BCUT2D eigenvalue weighted by atomic mass is 35.5. The highest BCUT2D eigenvalue weighted by Gasteiger charge is 2.34. The zero-order chi connectivity index (χ0) is 28.7. The minimum Gasteiger partial charge on any atom is -0.495 e. The molecule has 0 aliphatic rings. The van der Waals surface area contributed by atoms with E-state index in [0.717, 1.165) is 9.87 Å². The Hall–Kier alpha value is -3.27. The SMILES string of the molecule is CC[C@H](C(=O)NC)N(Cc1ccc(Cl)cc1Cl)C(=O)CN(c1cc(C)ccc1OC)S(=O)(=O)c1ccccc1. The van der Waals surface area contributed by atoms with E-state index in [9.17, 15) is 18.0 Å². The van der Waals surface area contributed by atoms with Crippen molar-refractivity contribution in [3.05, 3.63) is 87.9 Å². The Kier molecular flexibility index (Phi) is 10.2. The molecule has 3 aromatic rings. The third kappa shape index (κ3) is 7.03. The van der Waals surface area contributed by atoms with Gasteiger partial charge in [-0.2, -0.15) is 0 Å². The Labute approximate surface area is 239 Å². The van der Waals surface area contributed by atoms with Crippen LogP contribution in [0.25, 0.3) is 0 Å². The second-order valence-corrected chi connectivity index (χ2v) is 11.5. The van der Waals surface area contributed by atoms with Gasteiger partial charge in [0.2, 0.25) is 11.8 Å². The molecule has 0 aliphatic carbocycles. The maximum atomic E-state index is 14.0. The van der Waals surface area contributed by atoms with Gasteiger partial charge in [-0.25, -0.2) is 8.42 Å². The summed E-state index contributed by atoms with van der Waals surface area (Å²) < 4.78 is 34.4. The summed E-state index contributed by atoms with van der Waals surface area (Å²) in [6.07, 6.45) is 0.288. The van der Waals surface area contributed by atoms with Crippen molar-refractivity contribution in [2.45, 2.75) is 37.8 Å². The molecule has 0 aliphatic heterocycles. The molecule has 3 aromatic carbocycles. The number of rotatable bonds is 11. The number of nitrogens with zero attached hydrogens (tertiary/aromatic N) is 2.